The van der Waals surface area contributed by atoms with Gasteiger partial charge in [-0.3, -0.25) is 9.48 Å². The van der Waals surface area contributed by atoms with E-state index in [1.807, 2.05) is 30.8 Å². The van der Waals surface area contributed by atoms with Crippen molar-refractivity contribution in [2.24, 2.45) is 0 Å². The molecule has 0 atom stereocenters. The standard InChI is InChI=1S/C21H22FN3O/c1-3-24(14-16-13-23-25(4-2)15-16)21(26)19-11-6-5-9-17(19)18-10-7-8-12-20(18)22/h5-13,15H,3-4,14H2,1-2H3. The van der Waals surface area contributed by atoms with Crippen molar-refractivity contribution in [3.8, 4) is 11.1 Å². The van der Waals surface area contributed by atoms with Crippen LogP contribution in [0.5, 0.6) is 0 Å². The Morgan fingerprint density at radius 2 is 1.77 bits per heavy atom. The summed E-state index contributed by atoms with van der Waals surface area (Å²) in [7, 11) is 0. The second-order valence-corrected chi connectivity index (χ2v) is 6.05. The largest absolute Gasteiger partial charge is 0.334 e. The van der Waals surface area contributed by atoms with Gasteiger partial charge in [-0.25, -0.2) is 4.39 Å². The number of hydrogen-bond donors (Lipinski definition) is 0. The molecule has 0 aliphatic rings. The zero-order valence-corrected chi connectivity index (χ0v) is 15.0. The van der Waals surface area contributed by atoms with Crippen LogP contribution < -0.4 is 0 Å². The number of carbonyl (C=O) groups excluding carboxylic acids is 1. The molecule has 1 heterocycles. The molecular formula is C21H22FN3O. The second kappa shape index (κ2) is 7.95. The van der Waals surface area contributed by atoms with Crippen molar-refractivity contribution in [3.05, 3.63) is 77.9 Å². The summed E-state index contributed by atoms with van der Waals surface area (Å²) < 4.78 is 16.1. The van der Waals surface area contributed by atoms with Gasteiger partial charge in [-0.1, -0.05) is 36.4 Å². The molecule has 4 nitrogen and oxygen atoms in total. The number of carbonyl (C=O) groups is 1. The number of aryl methyl sites for hydroxylation is 1. The zero-order valence-electron chi connectivity index (χ0n) is 15.0. The predicted molar refractivity (Wildman–Crippen MR) is 100 cm³/mol. The van der Waals surface area contributed by atoms with Crippen LogP contribution in [0.3, 0.4) is 0 Å². The molecule has 0 unspecified atom stereocenters. The van der Waals surface area contributed by atoms with Gasteiger partial charge in [0.05, 0.1) is 6.20 Å². The molecule has 0 spiro atoms. The minimum absolute atomic E-state index is 0.115. The number of amides is 1. The van der Waals surface area contributed by atoms with E-state index in [1.54, 1.807) is 47.5 Å². The Kier molecular flexibility index (Phi) is 5.46. The maximum Gasteiger partial charge on any atom is 0.254 e. The van der Waals surface area contributed by atoms with Gasteiger partial charge in [-0.15, -0.1) is 0 Å². The third-order valence-corrected chi connectivity index (χ3v) is 4.37. The van der Waals surface area contributed by atoms with Gasteiger partial charge in [0.15, 0.2) is 0 Å². The summed E-state index contributed by atoms with van der Waals surface area (Å²) in [6.07, 6.45) is 3.72. The number of hydrogen-bond acceptors (Lipinski definition) is 2. The van der Waals surface area contributed by atoms with Gasteiger partial charge >= 0.3 is 0 Å². The summed E-state index contributed by atoms with van der Waals surface area (Å²) in [5, 5.41) is 4.26. The molecule has 26 heavy (non-hydrogen) atoms. The molecule has 1 aromatic heterocycles. The molecule has 0 N–H and O–H groups in total. The molecule has 134 valence electrons. The Balaban J connectivity index is 1.92. The highest BCUT2D eigenvalue weighted by Gasteiger charge is 2.20. The van der Waals surface area contributed by atoms with Crippen molar-refractivity contribution < 1.29 is 9.18 Å². The monoisotopic (exact) mass is 351 g/mol. The Hall–Kier alpha value is -2.95. The van der Waals surface area contributed by atoms with Gasteiger partial charge in [-0.2, -0.15) is 5.10 Å². The van der Waals surface area contributed by atoms with Crippen molar-refractivity contribution in [2.45, 2.75) is 26.9 Å². The van der Waals surface area contributed by atoms with Crippen LogP contribution in [0.2, 0.25) is 0 Å². The number of aromatic nitrogens is 2. The van der Waals surface area contributed by atoms with Gasteiger partial charge in [0.2, 0.25) is 0 Å². The van der Waals surface area contributed by atoms with Crippen LogP contribution in [0.15, 0.2) is 60.9 Å². The number of rotatable bonds is 6. The van der Waals surface area contributed by atoms with Crippen LogP contribution in [0.25, 0.3) is 11.1 Å². The fourth-order valence-corrected chi connectivity index (χ4v) is 2.96. The van der Waals surface area contributed by atoms with Crippen molar-refractivity contribution in [3.63, 3.8) is 0 Å². The van der Waals surface area contributed by atoms with E-state index in [2.05, 4.69) is 5.10 Å². The number of nitrogens with zero attached hydrogens (tertiary/aromatic N) is 3. The minimum atomic E-state index is -0.333. The molecule has 0 saturated heterocycles. The summed E-state index contributed by atoms with van der Waals surface area (Å²) in [5.41, 5.74) is 2.53. The third-order valence-electron chi connectivity index (χ3n) is 4.37. The van der Waals surface area contributed by atoms with E-state index in [1.165, 1.54) is 6.07 Å². The molecule has 2 aromatic carbocycles. The topological polar surface area (TPSA) is 38.1 Å². The summed E-state index contributed by atoms with van der Waals surface area (Å²) in [5.74, 6) is -0.448. The highest BCUT2D eigenvalue weighted by molar-refractivity contribution is 6.00. The molecule has 0 aliphatic heterocycles. The van der Waals surface area contributed by atoms with Crippen LogP contribution in [0, 0.1) is 5.82 Å². The van der Waals surface area contributed by atoms with Gasteiger partial charge in [-0.05, 0) is 31.5 Å². The SMILES string of the molecule is CCN(Cc1cnn(CC)c1)C(=O)c1ccccc1-c1ccccc1F. The summed E-state index contributed by atoms with van der Waals surface area (Å²) in [6.45, 7) is 5.77. The Labute approximate surface area is 152 Å². The van der Waals surface area contributed by atoms with E-state index in [9.17, 15) is 9.18 Å². The molecular weight excluding hydrogens is 329 g/mol. The van der Waals surface area contributed by atoms with Gasteiger partial charge in [0.25, 0.3) is 5.91 Å². The second-order valence-electron chi connectivity index (χ2n) is 6.05. The molecule has 3 aromatic rings. The first-order chi connectivity index (χ1) is 12.6. The van der Waals surface area contributed by atoms with Crippen molar-refractivity contribution >= 4 is 5.91 Å². The van der Waals surface area contributed by atoms with Crippen molar-refractivity contribution in [1.82, 2.24) is 14.7 Å². The van der Waals surface area contributed by atoms with Crippen molar-refractivity contribution in [2.75, 3.05) is 6.54 Å². The highest BCUT2D eigenvalue weighted by atomic mass is 19.1. The lowest BCUT2D eigenvalue weighted by atomic mass is 9.98. The fourth-order valence-electron chi connectivity index (χ4n) is 2.96. The van der Waals surface area contributed by atoms with Crippen LogP contribution in [-0.2, 0) is 13.1 Å². The average Bonchev–Trinajstić information content (AvgIpc) is 3.14. The smallest absolute Gasteiger partial charge is 0.254 e. The summed E-state index contributed by atoms with van der Waals surface area (Å²) in [6, 6.07) is 13.7. The van der Waals surface area contributed by atoms with E-state index in [0.717, 1.165) is 12.1 Å². The Morgan fingerprint density at radius 3 is 2.42 bits per heavy atom. The Morgan fingerprint density at radius 1 is 1.08 bits per heavy atom. The Bertz CT molecular complexity index is 904. The van der Waals surface area contributed by atoms with E-state index >= 15 is 0 Å². The van der Waals surface area contributed by atoms with Gasteiger partial charge < -0.3 is 4.90 Å². The van der Waals surface area contributed by atoms with Gasteiger partial charge in [0.1, 0.15) is 5.82 Å². The lowest BCUT2D eigenvalue weighted by Crippen LogP contribution is -2.30. The first-order valence-corrected chi connectivity index (χ1v) is 8.78. The minimum Gasteiger partial charge on any atom is -0.334 e. The molecule has 5 heteroatoms. The van der Waals surface area contributed by atoms with Crippen LogP contribution in [0.4, 0.5) is 4.39 Å². The fraction of sp³-hybridized carbons (Fsp3) is 0.238. The normalized spacial score (nSPS) is 10.7. The lowest BCUT2D eigenvalue weighted by Gasteiger charge is -2.22. The van der Waals surface area contributed by atoms with E-state index in [-0.39, 0.29) is 11.7 Å². The summed E-state index contributed by atoms with van der Waals surface area (Å²) >= 11 is 0. The van der Waals surface area contributed by atoms with E-state index in [0.29, 0.717) is 29.8 Å². The molecule has 3 rings (SSSR count). The predicted octanol–water partition coefficient (Wildman–Crippen LogP) is 4.37. The molecule has 0 fully saturated rings. The molecule has 0 aliphatic carbocycles. The first-order valence-electron chi connectivity index (χ1n) is 8.78. The molecule has 0 saturated carbocycles. The highest BCUT2D eigenvalue weighted by Crippen LogP contribution is 2.27. The first kappa shape index (κ1) is 17.9. The quantitative estimate of drug-likeness (QED) is 0.661. The average molecular weight is 351 g/mol. The third kappa shape index (κ3) is 3.67. The molecule has 0 bridgehead atoms. The van der Waals surface area contributed by atoms with Crippen molar-refractivity contribution in [1.29, 1.82) is 0 Å². The van der Waals surface area contributed by atoms with Crippen LogP contribution in [0.1, 0.15) is 29.8 Å². The summed E-state index contributed by atoms with van der Waals surface area (Å²) in [4.78, 5) is 14.9. The lowest BCUT2D eigenvalue weighted by molar-refractivity contribution is 0.0753. The van der Waals surface area contributed by atoms with E-state index in [4.69, 9.17) is 0 Å². The number of benzene rings is 2. The van der Waals surface area contributed by atoms with Gasteiger partial charge in [0, 0.05) is 42.5 Å². The maximum absolute atomic E-state index is 14.3. The zero-order chi connectivity index (χ0) is 18.5. The van der Waals surface area contributed by atoms with Crippen LogP contribution >= 0.6 is 0 Å². The molecule has 1 amide bonds. The van der Waals surface area contributed by atoms with Crippen LogP contribution in [-0.4, -0.2) is 27.1 Å². The maximum atomic E-state index is 14.3. The molecule has 0 radical (unpaired) electrons. The van der Waals surface area contributed by atoms with E-state index < -0.39 is 0 Å². The number of halogens is 1.